The van der Waals surface area contributed by atoms with Gasteiger partial charge in [0.15, 0.2) is 0 Å². The van der Waals surface area contributed by atoms with Crippen molar-refractivity contribution in [1.82, 2.24) is 0 Å². The molecule has 0 unspecified atom stereocenters. The van der Waals surface area contributed by atoms with Crippen LogP contribution >= 0.6 is 12.4 Å². The number of benzene rings is 1. The first-order valence-electron chi connectivity index (χ1n) is 4.82. The van der Waals surface area contributed by atoms with Crippen LogP contribution in [0.3, 0.4) is 0 Å². The quantitative estimate of drug-likeness (QED) is 0.642. The van der Waals surface area contributed by atoms with Gasteiger partial charge < -0.3 is 5.73 Å². The highest BCUT2D eigenvalue weighted by molar-refractivity contribution is 5.85. The van der Waals surface area contributed by atoms with Crippen LogP contribution in [0, 0.1) is 15.5 Å². The minimum atomic E-state index is -0.404. The topological polar surface area (TPSA) is 69.2 Å². The number of nitrogens with zero attached hydrogens (tertiary/aromatic N) is 1. The molecule has 90 valence electrons. The molecular weight excluding hydrogens is 228 g/mol. The molecule has 0 spiro atoms. The Morgan fingerprint density at radius 3 is 2.38 bits per heavy atom. The van der Waals surface area contributed by atoms with Crippen molar-refractivity contribution in [1.29, 1.82) is 0 Å². The molecular formula is C11H17ClN2O2. The van der Waals surface area contributed by atoms with E-state index in [1.165, 1.54) is 12.1 Å². The van der Waals surface area contributed by atoms with E-state index in [-0.39, 0.29) is 29.6 Å². The van der Waals surface area contributed by atoms with Crippen molar-refractivity contribution in [2.45, 2.75) is 26.8 Å². The molecule has 1 aromatic rings. The SMILES string of the molecule is CC(C)(C)[C@H](N)c1cccc([N+](=O)[O-])c1.Cl. The molecule has 0 aliphatic rings. The second-order valence-electron chi connectivity index (χ2n) is 4.70. The molecule has 1 aromatic carbocycles. The zero-order valence-corrected chi connectivity index (χ0v) is 10.5. The van der Waals surface area contributed by atoms with Gasteiger partial charge >= 0.3 is 0 Å². The molecule has 0 fully saturated rings. The molecule has 16 heavy (non-hydrogen) atoms. The van der Waals surface area contributed by atoms with Crippen LogP contribution in [0.25, 0.3) is 0 Å². The van der Waals surface area contributed by atoms with Crippen molar-refractivity contribution in [3.05, 3.63) is 39.9 Å². The zero-order chi connectivity index (χ0) is 11.6. The number of rotatable bonds is 2. The van der Waals surface area contributed by atoms with Gasteiger partial charge in [0.25, 0.3) is 5.69 Å². The second kappa shape index (κ2) is 5.27. The molecule has 2 N–H and O–H groups in total. The van der Waals surface area contributed by atoms with Gasteiger partial charge in [-0.3, -0.25) is 10.1 Å². The summed E-state index contributed by atoms with van der Waals surface area (Å²) < 4.78 is 0. The molecule has 0 heterocycles. The fraction of sp³-hybridized carbons (Fsp3) is 0.455. The van der Waals surface area contributed by atoms with Crippen LogP contribution in [0.4, 0.5) is 5.69 Å². The van der Waals surface area contributed by atoms with Crippen molar-refractivity contribution in [2.24, 2.45) is 11.1 Å². The summed E-state index contributed by atoms with van der Waals surface area (Å²) in [5, 5.41) is 10.6. The first-order chi connectivity index (χ1) is 6.82. The van der Waals surface area contributed by atoms with Crippen LogP contribution in [0.5, 0.6) is 0 Å². The van der Waals surface area contributed by atoms with E-state index in [1.807, 2.05) is 26.8 Å². The van der Waals surface area contributed by atoms with E-state index < -0.39 is 4.92 Å². The lowest BCUT2D eigenvalue weighted by atomic mass is 9.83. The highest BCUT2D eigenvalue weighted by atomic mass is 35.5. The average Bonchev–Trinajstić information content (AvgIpc) is 2.15. The Hall–Kier alpha value is -1.13. The summed E-state index contributed by atoms with van der Waals surface area (Å²) in [5.74, 6) is 0. The van der Waals surface area contributed by atoms with Crippen LogP contribution in [-0.4, -0.2) is 4.92 Å². The Morgan fingerprint density at radius 1 is 1.38 bits per heavy atom. The second-order valence-corrected chi connectivity index (χ2v) is 4.70. The summed E-state index contributed by atoms with van der Waals surface area (Å²) >= 11 is 0. The molecule has 1 atom stereocenters. The molecule has 0 amide bonds. The minimum absolute atomic E-state index is 0. The predicted molar refractivity (Wildman–Crippen MR) is 66.7 cm³/mol. The Morgan fingerprint density at radius 2 is 1.94 bits per heavy atom. The van der Waals surface area contributed by atoms with Gasteiger partial charge in [-0.2, -0.15) is 0 Å². The van der Waals surface area contributed by atoms with E-state index in [9.17, 15) is 10.1 Å². The largest absolute Gasteiger partial charge is 0.324 e. The van der Waals surface area contributed by atoms with Crippen LogP contribution < -0.4 is 5.73 Å². The average molecular weight is 245 g/mol. The molecule has 0 radical (unpaired) electrons. The van der Waals surface area contributed by atoms with Crippen molar-refractivity contribution in [2.75, 3.05) is 0 Å². The van der Waals surface area contributed by atoms with Gasteiger partial charge in [-0.15, -0.1) is 12.4 Å². The van der Waals surface area contributed by atoms with E-state index in [4.69, 9.17) is 5.73 Å². The van der Waals surface area contributed by atoms with Crippen molar-refractivity contribution in [3.8, 4) is 0 Å². The summed E-state index contributed by atoms with van der Waals surface area (Å²) in [6.07, 6.45) is 0. The maximum atomic E-state index is 10.6. The number of hydrogen-bond donors (Lipinski definition) is 1. The molecule has 0 bridgehead atoms. The molecule has 0 aromatic heterocycles. The van der Waals surface area contributed by atoms with Crippen molar-refractivity contribution >= 4 is 18.1 Å². The number of hydrogen-bond acceptors (Lipinski definition) is 3. The van der Waals surface area contributed by atoms with Gasteiger partial charge in [0.05, 0.1) is 4.92 Å². The number of non-ortho nitro benzene ring substituents is 1. The number of nitrogens with two attached hydrogens (primary N) is 1. The van der Waals surface area contributed by atoms with E-state index in [2.05, 4.69) is 0 Å². The molecule has 0 aliphatic carbocycles. The van der Waals surface area contributed by atoms with Crippen LogP contribution in [0.1, 0.15) is 32.4 Å². The molecule has 0 saturated carbocycles. The van der Waals surface area contributed by atoms with E-state index in [0.29, 0.717) is 0 Å². The highest BCUT2D eigenvalue weighted by Gasteiger charge is 2.23. The molecule has 4 nitrogen and oxygen atoms in total. The summed E-state index contributed by atoms with van der Waals surface area (Å²) in [7, 11) is 0. The first-order valence-corrected chi connectivity index (χ1v) is 4.82. The van der Waals surface area contributed by atoms with Gasteiger partial charge in [-0.25, -0.2) is 0 Å². The third kappa shape index (κ3) is 3.47. The monoisotopic (exact) mass is 244 g/mol. The zero-order valence-electron chi connectivity index (χ0n) is 9.64. The fourth-order valence-electron chi connectivity index (χ4n) is 1.33. The lowest BCUT2D eigenvalue weighted by molar-refractivity contribution is -0.384. The van der Waals surface area contributed by atoms with Crippen LogP contribution in [0.15, 0.2) is 24.3 Å². The molecule has 5 heteroatoms. The number of halogens is 1. The van der Waals surface area contributed by atoms with Crippen molar-refractivity contribution < 1.29 is 4.92 Å². The van der Waals surface area contributed by atoms with E-state index in [1.54, 1.807) is 6.07 Å². The number of nitro groups is 1. The fourth-order valence-corrected chi connectivity index (χ4v) is 1.33. The standard InChI is InChI=1S/C11H16N2O2.ClH/c1-11(2,3)10(12)8-5-4-6-9(7-8)13(14)15;/h4-7,10H,12H2,1-3H3;1H/t10-;/m1./s1. The van der Waals surface area contributed by atoms with Gasteiger partial charge in [0, 0.05) is 18.2 Å². The van der Waals surface area contributed by atoms with Gasteiger partial charge in [-0.05, 0) is 11.0 Å². The van der Waals surface area contributed by atoms with Gasteiger partial charge in [0.1, 0.15) is 0 Å². The maximum Gasteiger partial charge on any atom is 0.269 e. The summed E-state index contributed by atoms with van der Waals surface area (Å²) in [6, 6.07) is 6.30. The number of nitro benzene ring substituents is 1. The third-order valence-electron chi connectivity index (χ3n) is 2.37. The lowest BCUT2D eigenvalue weighted by Gasteiger charge is -2.27. The molecule has 0 aliphatic heterocycles. The van der Waals surface area contributed by atoms with Gasteiger partial charge in [-0.1, -0.05) is 32.9 Å². The van der Waals surface area contributed by atoms with E-state index in [0.717, 1.165) is 5.56 Å². The van der Waals surface area contributed by atoms with Gasteiger partial charge in [0.2, 0.25) is 0 Å². The molecule has 0 saturated heterocycles. The van der Waals surface area contributed by atoms with Crippen molar-refractivity contribution in [3.63, 3.8) is 0 Å². The minimum Gasteiger partial charge on any atom is -0.324 e. The Balaban J connectivity index is 0.00000225. The molecule has 1 rings (SSSR count). The predicted octanol–water partition coefficient (Wildman–Crippen LogP) is 3.06. The maximum absolute atomic E-state index is 10.6. The lowest BCUT2D eigenvalue weighted by Crippen LogP contribution is -2.26. The van der Waals surface area contributed by atoms with E-state index >= 15 is 0 Å². The Labute approximate surface area is 101 Å². The summed E-state index contributed by atoms with van der Waals surface area (Å²) in [6.45, 7) is 6.03. The third-order valence-corrected chi connectivity index (χ3v) is 2.37. The first kappa shape index (κ1) is 14.9. The Bertz CT molecular complexity index is 374. The highest BCUT2D eigenvalue weighted by Crippen LogP contribution is 2.31. The summed E-state index contributed by atoms with van der Waals surface area (Å²) in [4.78, 5) is 10.2. The normalized spacial score (nSPS) is 12.8. The van der Waals surface area contributed by atoms with Crippen LogP contribution in [0.2, 0.25) is 0 Å². The Kier molecular flexibility index (Phi) is 4.90. The van der Waals surface area contributed by atoms with Crippen LogP contribution in [-0.2, 0) is 0 Å². The smallest absolute Gasteiger partial charge is 0.269 e. The summed E-state index contributed by atoms with van der Waals surface area (Å²) in [5.41, 5.74) is 6.81.